The maximum atomic E-state index is 4.29. The van der Waals surface area contributed by atoms with Crippen LogP contribution in [0.2, 0.25) is 0 Å². The molecule has 4 nitrogen and oxygen atoms in total. The highest BCUT2D eigenvalue weighted by Crippen LogP contribution is 2.19. The molecule has 1 aliphatic rings. The molecule has 17 heavy (non-hydrogen) atoms. The average Bonchev–Trinajstić information content (AvgIpc) is 3.02. The molecule has 0 radical (unpaired) electrons. The van der Waals surface area contributed by atoms with Gasteiger partial charge in [0.25, 0.3) is 0 Å². The van der Waals surface area contributed by atoms with Gasteiger partial charge in [-0.3, -0.25) is 0 Å². The molecular weight excluding hydrogens is 232 g/mol. The zero-order chi connectivity index (χ0) is 11.7. The van der Waals surface area contributed by atoms with Gasteiger partial charge in [0.05, 0.1) is 6.04 Å². The van der Waals surface area contributed by atoms with Crippen LogP contribution in [-0.4, -0.2) is 14.8 Å². The van der Waals surface area contributed by atoms with E-state index in [2.05, 4.69) is 43.8 Å². The Morgan fingerprint density at radius 3 is 3.29 bits per heavy atom. The Labute approximate surface area is 105 Å². The topological polar surface area (TPSA) is 42.7 Å². The highest BCUT2D eigenvalue weighted by molar-refractivity contribution is 7.07. The van der Waals surface area contributed by atoms with Crippen LogP contribution in [0.25, 0.3) is 0 Å². The van der Waals surface area contributed by atoms with E-state index in [1.807, 2.05) is 0 Å². The van der Waals surface area contributed by atoms with Gasteiger partial charge >= 0.3 is 0 Å². The molecule has 5 heteroatoms. The highest BCUT2D eigenvalue weighted by atomic mass is 32.1. The van der Waals surface area contributed by atoms with E-state index in [0.717, 1.165) is 31.2 Å². The van der Waals surface area contributed by atoms with Gasteiger partial charge in [-0.2, -0.15) is 11.3 Å². The van der Waals surface area contributed by atoms with E-state index in [0.29, 0.717) is 0 Å². The van der Waals surface area contributed by atoms with E-state index >= 15 is 0 Å². The second kappa shape index (κ2) is 4.58. The monoisotopic (exact) mass is 248 g/mol. The van der Waals surface area contributed by atoms with E-state index in [1.165, 1.54) is 12.0 Å². The first-order valence-corrected chi connectivity index (χ1v) is 6.95. The molecule has 1 aliphatic heterocycles. The van der Waals surface area contributed by atoms with Gasteiger partial charge in [0.2, 0.25) is 0 Å². The van der Waals surface area contributed by atoms with Crippen molar-refractivity contribution in [3.63, 3.8) is 0 Å². The Bertz CT molecular complexity index is 489. The number of thiophene rings is 1. The highest BCUT2D eigenvalue weighted by Gasteiger charge is 2.20. The van der Waals surface area contributed by atoms with Gasteiger partial charge in [-0.05, 0) is 35.7 Å². The lowest BCUT2D eigenvalue weighted by molar-refractivity contribution is 0.516. The van der Waals surface area contributed by atoms with Crippen molar-refractivity contribution in [3.8, 4) is 0 Å². The largest absolute Gasteiger partial charge is 0.314 e. The second-order valence-corrected chi connectivity index (χ2v) is 5.24. The summed E-state index contributed by atoms with van der Waals surface area (Å²) in [5.41, 5.74) is 1.34. The van der Waals surface area contributed by atoms with Crippen molar-refractivity contribution in [3.05, 3.63) is 34.0 Å². The Hall–Kier alpha value is -1.20. The van der Waals surface area contributed by atoms with Gasteiger partial charge in [-0.15, -0.1) is 10.2 Å². The van der Waals surface area contributed by atoms with Gasteiger partial charge < -0.3 is 9.88 Å². The van der Waals surface area contributed by atoms with Gasteiger partial charge in [0.1, 0.15) is 11.6 Å². The minimum absolute atomic E-state index is 0.259. The van der Waals surface area contributed by atoms with Crippen molar-refractivity contribution in [1.82, 2.24) is 20.1 Å². The van der Waals surface area contributed by atoms with Crippen LogP contribution in [0.1, 0.15) is 36.6 Å². The van der Waals surface area contributed by atoms with Gasteiger partial charge in [-0.1, -0.05) is 0 Å². The number of hydrogen-bond donors (Lipinski definition) is 1. The lowest BCUT2D eigenvalue weighted by Crippen LogP contribution is -2.21. The van der Waals surface area contributed by atoms with Crippen molar-refractivity contribution in [1.29, 1.82) is 0 Å². The quantitative estimate of drug-likeness (QED) is 0.901. The first-order chi connectivity index (χ1) is 8.34. The fraction of sp³-hybridized carbons (Fsp3) is 0.500. The number of aromatic nitrogens is 3. The van der Waals surface area contributed by atoms with Crippen LogP contribution in [-0.2, 0) is 19.5 Å². The average molecular weight is 248 g/mol. The summed E-state index contributed by atoms with van der Waals surface area (Å²) in [7, 11) is 0. The van der Waals surface area contributed by atoms with Gasteiger partial charge in [0.15, 0.2) is 0 Å². The maximum absolute atomic E-state index is 4.29. The molecule has 0 fully saturated rings. The molecule has 1 unspecified atom stereocenters. The number of nitrogens with zero attached hydrogens (tertiary/aromatic N) is 3. The summed E-state index contributed by atoms with van der Waals surface area (Å²) in [6, 6.07) is 2.41. The molecule has 3 rings (SSSR count). The molecule has 0 aromatic carbocycles. The minimum atomic E-state index is 0.259. The van der Waals surface area contributed by atoms with Crippen LogP contribution in [0, 0.1) is 0 Å². The molecule has 1 atom stereocenters. The molecule has 0 aliphatic carbocycles. The smallest absolute Gasteiger partial charge is 0.149 e. The minimum Gasteiger partial charge on any atom is -0.314 e. The summed E-state index contributed by atoms with van der Waals surface area (Å²) in [6.07, 6.45) is 2.28. The van der Waals surface area contributed by atoms with E-state index < -0.39 is 0 Å². The van der Waals surface area contributed by atoms with Crippen molar-refractivity contribution >= 4 is 11.3 Å². The molecule has 0 amide bonds. The first-order valence-electron chi connectivity index (χ1n) is 6.01. The summed E-state index contributed by atoms with van der Waals surface area (Å²) >= 11 is 1.74. The van der Waals surface area contributed by atoms with Gasteiger partial charge in [0, 0.05) is 19.5 Å². The number of fused-ring (bicyclic) bond motifs is 1. The lowest BCUT2D eigenvalue weighted by Gasteiger charge is -2.13. The van der Waals surface area contributed by atoms with Crippen molar-refractivity contribution in [2.45, 2.75) is 38.9 Å². The summed E-state index contributed by atoms with van der Waals surface area (Å²) in [6.45, 7) is 4.12. The molecule has 1 N–H and O–H groups in total. The molecular formula is C12H16N4S. The van der Waals surface area contributed by atoms with E-state index in [1.54, 1.807) is 11.3 Å². The normalized spacial score (nSPS) is 16.1. The Balaban J connectivity index is 1.67. The third kappa shape index (κ3) is 2.12. The molecule has 0 saturated carbocycles. The molecule has 0 bridgehead atoms. The third-order valence-corrected chi connectivity index (χ3v) is 3.95. The number of rotatable bonds is 4. The maximum Gasteiger partial charge on any atom is 0.149 e. The molecule has 3 heterocycles. The van der Waals surface area contributed by atoms with Crippen LogP contribution in [0.4, 0.5) is 0 Å². The van der Waals surface area contributed by atoms with Crippen LogP contribution in [0.3, 0.4) is 0 Å². The first kappa shape index (κ1) is 10.9. The predicted octanol–water partition coefficient (Wildman–Crippen LogP) is 2.14. The predicted molar refractivity (Wildman–Crippen MR) is 67.9 cm³/mol. The zero-order valence-electron chi connectivity index (χ0n) is 9.89. The van der Waals surface area contributed by atoms with E-state index in [4.69, 9.17) is 0 Å². The third-order valence-electron chi connectivity index (χ3n) is 3.22. The van der Waals surface area contributed by atoms with E-state index in [-0.39, 0.29) is 6.04 Å². The van der Waals surface area contributed by atoms with Crippen LogP contribution in [0.5, 0.6) is 0 Å². The van der Waals surface area contributed by atoms with Crippen molar-refractivity contribution in [2.75, 3.05) is 0 Å². The zero-order valence-corrected chi connectivity index (χ0v) is 10.7. The second-order valence-electron chi connectivity index (χ2n) is 4.46. The number of nitrogens with one attached hydrogen (secondary N) is 1. The summed E-state index contributed by atoms with van der Waals surface area (Å²) in [4.78, 5) is 0. The SMILES string of the molecule is CC(NCc1ccsc1)c1nnc2n1CCC2. The lowest BCUT2D eigenvalue weighted by atomic mass is 10.2. The number of hydrogen-bond acceptors (Lipinski definition) is 4. The summed E-state index contributed by atoms with van der Waals surface area (Å²) in [5, 5.41) is 16.3. The van der Waals surface area contributed by atoms with Gasteiger partial charge in [-0.25, -0.2) is 0 Å². The van der Waals surface area contributed by atoms with Crippen molar-refractivity contribution in [2.24, 2.45) is 0 Å². The fourth-order valence-corrected chi connectivity index (χ4v) is 2.92. The standard InChI is InChI=1S/C12H16N4S/c1-9(13-7-10-4-6-17-8-10)12-15-14-11-3-2-5-16(11)12/h4,6,8-9,13H,2-3,5,7H2,1H3. The van der Waals surface area contributed by atoms with Crippen LogP contribution < -0.4 is 5.32 Å². The van der Waals surface area contributed by atoms with Crippen molar-refractivity contribution < 1.29 is 0 Å². The Kier molecular flexibility index (Phi) is 2.94. The van der Waals surface area contributed by atoms with Crippen LogP contribution >= 0.6 is 11.3 Å². The Morgan fingerprint density at radius 1 is 1.53 bits per heavy atom. The molecule has 2 aromatic rings. The summed E-state index contributed by atoms with van der Waals surface area (Å²) in [5.74, 6) is 2.22. The fourth-order valence-electron chi connectivity index (χ4n) is 2.25. The van der Waals surface area contributed by atoms with E-state index in [9.17, 15) is 0 Å². The Morgan fingerprint density at radius 2 is 2.47 bits per heavy atom. The van der Waals surface area contributed by atoms with Crippen LogP contribution in [0.15, 0.2) is 16.8 Å². The molecule has 2 aromatic heterocycles. The molecule has 0 spiro atoms. The molecule has 0 saturated heterocycles. The summed E-state index contributed by atoms with van der Waals surface area (Å²) < 4.78 is 2.26. The molecule has 90 valence electrons. The number of aryl methyl sites for hydroxylation is 1.